The highest BCUT2D eigenvalue weighted by Crippen LogP contribution is 2.41. The number of aromatic nitrogens is 2. The zero-order valence-electron chi connectivity index (χ0n) is 28.1. The molecule has 2 aromatic heterocycles. The van der Waals surface area contributed by atoms with Gasteiger partial charge in [-0.05, 0) is 12.5 Å². The molecule has 11 N–H and O–H groups in total. The number of carboxylic acids is 2. The normalized spacial score (nSPS) is 18.7. The van der Waals surface area contributed by atoms with E-state index in [9.17, 15) is 49.0 Å². The van der Waals surface area contributed by atoms with Crippen molar-refractivity contribution in [3.05, 3.63) is 61.4 Å². The number of fused-ring (bicyclic) bond motifs is 1. The van der Waals surface area contributed by atoms with Gasteiger partial charge in [-0.3, -0.25) is 28.9 Å². The number of halogens is 1. The highest BCUT2D eigenvalue weighted by Gasteiger charge is 2.54. The van der Waals surface area contributed by atoms with Crippen molar-refractivity contribution in [3.8, 4) is 5.75 Å². The molecule has 3 aliphatic heterocycles. The van der Waals surface area contributed by atoms with Crippen LogP contribution < -0.4 is 32.8 Å². The van der Waals surface area contributed by atoms with Crippen LogP contribution in [-0.2, 0) is 28.8 Å². The highest BCUT2D eigenvalue weighted by atomic mass is 35.5. The Kier molecular flexibility index (Phi) is 11.9. The van der Waals surface area contributed by atoms with Crippen LogP contribution in [0.1, 0.15) is 29.5 Å². The number of nitrogens with one attached hydrogen (secondary N) is 3. The van der Waals surface area contributed by atoms with Gasteiger partial charge >= 0.3 is 11.9 Å². The number of nitrogen functional groups attached to an aromatic ring is 1. The molecule has 0 bridgehead atoms. The van der Waals surface area contributed by atoms with E-state index in [4.69, 9.17) is 33.0 Å². The van der Waals surface area contributed by atoms with Crippen LogP contribution in [0.15, 0.2) is 50.4 Å². The molecular formula is C29H30ClN11O12S2. The first-order chi connectivity index (χ1) is 26.0. The number of hydrogen-bond acceptors (Lipinski definition) is 18. The van der Waals surface area contributed by atoms with Gasteiger partial charge in [-0.1, -0.05) is 28.1 Å². The Morgan fingerprint density at radius 1 is 1.20 bits per heavy atom. The average molecular weight is 824 g/mol. The largest absolute Gasteiger partial charge is 0.503 e. The number of thioether (sulfide) groups is 1. The standard InChI is InChI=1S/C29H30ClN11O12S2/c1-10(27(48)49)53-38-18(17-21(30)55-29(32)37-17)24(46)36-19-25(47)41-20(28(50)51)11(8-54-26(19)41)5-39-6-12(22(31)34-9-39)35-16(44)2-3-33-23(45)13-4-14(42)15(43)7-40(13)52/h4,6-7,10,19,26,43,52H,2-3,5,8-9H2,1H3,(H2,31,34)(H2,32,37)(H,33,45)(H,35,44)(H,36,46)(H,48,49)(H,50,51)/b38-18-/t10-,19+,26?/m0/s1. The SMILES string of the molecule is C[C@H](O/N=C(\C(=O)N[C@@H]1C(=O)N2C(C(=O)O)=C(CN3C=C(NC(=O)CCNC(=O)c4cc(=O)c(O)cn4O)C(N)=NC3)CSC12)c1nc(N)sc1Cl)C(=O)O. The van der Waals surface area contributed by atoms with E-state index in [1.807, 2.05) is 0 Å². The molecule has 26 heteroatoms. The van der Waals surface area contributed by atoms with Crippen molar-refractivity contribution >= 4 is 86.9 Å². The van der Waals surface area contributed by atoms with Gasteiger partial charge in [0.1, 0.15) is 45.3 Å². The summed E-state index contributed by atoms with van der Waals surface area (Å²) >= 11 is 8.11. The van der Waals surface area contributed by atoms with E-state index in [-0.39, 0.29) is 69.1 Å². The molecule has 55 heavy (non-hydrogen) atoms. The Morgan fingerprint density at radius 3 is 2.58 bits per heavy atom. The van der Waals surface area contributed by atoms with Gasteiger partial charge in [-0.2, -0.15) is 4.73 Å². The predicted octanol–water partition coefficient (Wildman–Crippen LogP) is -2.18. The van der Waals surface area contributed by atoms with Gasteiger partial charge in [-0.15, -0.1) is 11.8 Å². The Morgan fingerprint density at radius 2 is 1.93 bits per heavy atom. The highest BCUT2D eigenvalue weighted by molar-refractivity contribution is 8.00. The molecule has 1 fully saturated rings. The molecule has 3 aliphatic rings. The molecule has 0 spiro atoms. The second-order valence-electron chi connectivity index (χ2n) is 11.6. The predicted molar refractivity (Wildman–Crippen MR) is 192 cm³/mol. The molecule has 0 radical (unpaired) electrons. The lowest BCUT2D eigenvalue weighted by Crippen LogP contribution is -2.71. The number of pyridine rings is 1. The van der Waals surface area contributed by atoms with E-state index in [2.05, 4.69) is 31.1 Å². The van der Waals surface area contributed by atoms with E-state index in [1.54, 1.807) is 0 Å². The average Bonchev–Trinajstić information content (AvgIpc) is 3.46. The third-order valence-electron chi connectivity index (χ3n) is 7.79. The molecule has 0 saturated carbocycles. The van der Waals surface area contributed by atoms with Gasteiger partial charge in [0.15, 0.2) is 16.6 Å². The van der Waals surface area contributed by atoms with Gasteiger partial charge in [0.25, 0.3) is 17.7 Å². The first-order valence-corrected chi connectivity index (χ1v) is 17.8. The third-order valence-corrected chi connectivity index (χ3v) is 10.2. The number of carbonyl (C=O) groups is 6. The summed E-state index contributed by atoms with van der Waals surface area (Å²) in [6.07, 6.45) is 0.317. The summed E-state index contributed by atoms with van der Waals surface area (Å²) in [5, 5.41) is 48.5. The molecule has 0 aliphatic carbocycles. The monoisotopic (exact) mass is 823 g/mol. The lowest BCUT2D eigenvalue weighted by atomic mass is 10.0. The van der Waals surface area contributed by atoms with Crippen LogP contribution >= 0.6 is 34.7 Å². The lowest BCUT2D eigenvalue weighted by Gasteiger charge is -2.49. The first kappa shape index (κ1) is 39.9. The number of thiazole rings is 1. The number of hydrogen-bond donors (Lipinski definition) is 9. The van der Waals surface area contributed by atoms with Crippen molar-refractivity contribution in [2.45, 2.75) is 30.9 Å². The van der Waals surface area contributed by atoms with Gasteiger partial charge < -0.3 is 57.7 Å². The van der Waals surface area contributed by atoms with Gasteiger partial charge in [0.2, 0.25) is 17.4 Å². The quantitative estimate of drug-likeness (QED) is 0.0423. The third kappa shape index (κ3) is 8.73. The maximum Gasteiger partial charge on any atom is 0.352 e. The zero-order chi connectivity index (χ0) is 40.3. The molecule has 2 aromatic rings. The van der Waals surface area contributed by atoms with Crippen molar-refractivity contribution in [3.63, 3.8) is 0 Å². The van der Waals surface area contributed by atoms with Gasteiger partial charge in [0.05, 0.1) is 11.9 Å². The van der Waals surface area contributed by atoms with Crippen LogP contribution in [0.25, 0.3) is 0 Å². The van der Waals surface area contributed by atoms with Crippen molar-refractivity contribution < 1.29 is 54.1 Å². The second-order valence-corrected chi connectivity index (χ2v) is 14.3. The Balaban J connectivity index is 1.23. The molecule has 1 saturated heterocycles. The van der Waals surface area contributed by atoms with Crippen molar-refractivity contribution in [2.24, 2.45) is 15.9 Å². The minimum atomic E-state index is -1.47. The van der Waals surface area contributed by atoms with Crippen LogP contribution in [0.4, 0.5) is 5.13 Å². The van der Waals surface area contributed by atoms with Crippen LogP contribution in [-0.4, -0.2) is 130 Å². The number of β-lactam (4-membered cyclic amide) rings is 1. The molecule has 4 amide bonds. The number of aliphatic imine (C=N–C) groups is 1. The Hall–Kier alpha value is -6.34. The van der Waals surface area contributed by atoms with Crippen LogP contribution in [0.2, 0.25) is 4.34 Å². The number of oxime groups is 1. The molecule has 3 atom stereocenters. The minimum absolute atomic E-state index is 0.0350. The number of aromatic hydroxyl groups is 1. The van der Waals surface area contributed by atoms with Gasteiger partial charge in [0, 0.05) is 37.5 Å². The lowest BCUT2D eigenvalue weighted by molar-refractivity contribution is -0.150. The molecule has 5 rings (SSSR count). The zero-order valence-corrected chi connectivity index (χ0v) is 30.5. The fourth-order valence-electron chi connectivity index (χ4n) is 5.10. The van der Waals surface area contributed by atoms with Gasteiger partial charge in [-0.25, -0.2) is 19.6 Å². The fourth-order valence-corrected chi connectivity index (χ4v) is 7.36. The Bertz CT molecular complexity index is 2170. The number of anilines is 1. The number of nitrogens with zero attached hydrogens (tertiary/aromatic N) is 6. The molecule has 0 aromatic carbocycles. The summed E-state index contributed by atoms with van der Waals surface area (Å²) in [5.74, 6) is -6.84. The maximum atomic E-state index is 13.4. The van der Waals surface area contributed by atoms with Crippen LogP contribution in [0, 0.1) is 0 Å². The summed E-state index contributed by atoms with van der Waals surface area (Å²) in [5.41, 5.74) is 9.51. The number of aliphatic carboxylic acids is 2. The molecule has 292 valence electrons. The topological polar surface area (TPSA) is 347 Å². The maximum absolute atomic E-state index is 13.4. The second kappa shape index (κ2) is 16.4. The van der Waals surface area contributed by atoms with Crippen molar-refractivity contribution in [1.82, 2.24) is 35.5 Å². The number of amidine groups is 1. The number of amides is 4. The van der Waals surface area contributed by atoms with Crippen molar-refractivity contribution in [2.75, 3.05) is 31.2 Å². The first-order valence-electron chi connectivity index (χ1n) is 15.6. The summed E-state index contributed by atoms with van der Waals surface area (Å²) in [6, 6.07) is -0.520. The summed E-state index contributed by atoms with van der Waals surface area (Å²) in [7, 11) is 0. The Labute approximate surface area is 320 Å². The van der Waals surface area contributed by atoms with Crippen LogP contribution in [0.5, 0.6) is 5.75 Å². The van der Waals surface area contributed by atoms with E-state index in [0.29, 0.717) is 17.8 Å². The molecule has 1 unspecified atom stereocenters. The smallest absolute Gasteiger partial charge is 0.352 e. The minimum Gasteiger partial charge on any atom is -0.503 e. The van der Waals surface area contributed by atoms with E-state index in [0.717, 1.165) is 34.9 Å². The fraction of sp³-hybridized carbons (Fsp3) is 0.310. The molecule has 5 heterocycles. The number of nitrogens with two attached hydrogens (primary N) is 2. The van der Waals surface area contributed by atoms with Crippen molar-refractivity contribution in [1.29, 1.82) is 0 Å². The number of carbonyl (C=O) groups excluding carboxylic acids is 4. The van der Waals surface area contributed by atoms with E-state index >= 15 is 0 Å². The van der Waals surface area contributed by atoms with Crippen LogP contribution in [0.3, 0.4) is 0 Å². The summed E-state index contributed by atoms with van der Waals surface area (Å²) in [6.45, 7) is 0.823. The number of rotatable bonds is 14. The molecule has 23 nitrogen and oxygen atoms in total. The summed E-state index contributed by atoms with van der Waals surface area (Å²) in [4.78, 5) is 103. The summed E-state index contributed by atoms with van der Waals surface area (Å²) < 4.78 is 0.189. The van der Waals surface area contributed by atoms with E-state index in [1.165, 1.54) is 11.1 Å². The molecular weight excluding hydrogens is 794 g/mol. The van der Waals surface area contributed by atoms with E-state index < -0.39 is 75.7 Å². The number of carboxylic acid groups (broad SMARTS) is 2.